The molecule has 2 fully saturated rings. The summed E-state index contributed by atoms with van der Waals surface area (Å²) in [6.07, 6.45) is 5.48. The van der Waals surface area contributed by atoms with Gasteiger partial charge in [-0.2, -0.15) is 0 Å². The van der Waals surface area contributed by atoms with Gasteiger partial charge in [-0.3, -0.25) is 14.7 Å². The van der Waals surface area contributed by atoms with Crippen LogP contribution < -0.4 is 10.2 Å². The number of nitrogens with one attached hydrogen (secondary N) is 1. The van der Waals surface area contributed by atoms with Crippen LogP contribution in [0.2, 0.25) is 0 Å². The molecule has 0 radical (unpaired) electrons. The van der Waals surface area contributed by atoms with Gasteiger partial charge in [0.1, 0.15) is 0 Å². The number of aromatic nitrogens is 1. The van der Waals surface area contributed by atoms with E-state index >= 15 is 0 Å². The first-order chi connectivity index (χ1) is 15.6. The number of carbonyl (C=O) groups is 1. The maximum absolute atomic E-state index is 12.7. The van der Waals surface area contributed by atoms with Gasteiger partial charge in [0.2, 0.25) is 5.91 Å². The van der Waals surface area contributed by atoms with Crippen LogP contribution in [0.4, 0.5) is 11.4 Å². The monoisotopic (exact) mass is 435 g/mol. The maximum atomic E-state index is 12.7. The number of amides is 1. The lowest BCUT2D eigenvalue weighted by Gasteiger charge is -2.36. The lowest BCUT2D eigenvalue weighted by molar-refractivity contribution is -0.132. The minimum Gasteiger partial charge on any atom is -0.382 e. The van der Waals surface area contributed by atoms with Crippen molar-refractivity contribution >= 4 is 17.3 Å². The fourth-order valence-corrected chi connectivity index (χ4v) is 4.74. The van der Waals surface area contributed by atoms with Gasteiger partial charge in [0.05, 0.1) is 0 Å². The SMILES string of the molecule is Cc1ccc(N2CCN(CCCC(=O)N3CCC(Nc4ccnc(C)c4)CC3)CC2)cc1. The van der Waals surface area contributed by atoms with Crippen molar-refractivity contribution in [3.8, 4) is 0 Å². The van der Waals surface area contributed by atoms with Crippen LogP contribution in [0.15, 0.2) is 42.6 Å². The molecule has 1 aromatic carbocycles. The van der Waals surface area contributed by atoms with E-state index in [1.54, 1.807) is 0 Å². The number of anilines is 2. The van der Waals surface area contributed by atoms with Crippen LogP contribution in [-0.4, -0.2) is 72.5 Å². The smallest absolute Gasteiger partial charge is 0.222 e. The highest BCUT2D eigenvalue weighted by Crippen LogP contribution is 2.19. The highest BCUT2D eigenvalue weighted by atomic mass is 16.2. The molecule has 2 aliphatic rings. The average molecular weight is 436 g/mol. The third-order valence-electron chi connectivity index (χ3n) is 6.75. The molecule has 0 atom stereocenters. The van der Waals surface area contributed by atoms with Crippen molar-refractivity contribution < 1.29 is 4.79 Å². The lowest BCUT2D eigenvalue weighted by Crippen LogP contribution is -2.47. The molecule has 2 saturated heterocycles. The molecule has 0 unspecified atom stereocenters. The first-order valence-electron chi connectivity index (χ1n) is 12.1. The van der Waals surface area contributed by atoms with Gasteiger partial charge in [-0.1, -0.05) is 17.7 Å². The molecule has 1 N–H and O–H groups in total. The molecule has 1 aromatic heterocycles. The largest absolute Gasteiger partial charge is 0.382 e. The first kappa shape index (κ1) is 22.6. The van der Waals surface area contributed by atoms with Crippen LogP contribution in [0.25, 0.3) is 0 Å². The average Bonchev–Trinajstić information content (AvgIpc) is 2.81. The molecule has 172 valence electrons. The molecular weight excluding hydrogens is 398 g/mol. The van der Waals surface area contributed by atoms with E-state index in [9.17, 15) is 4.79 Å². The standard InChI is InChI=1S/C26H37N5O/c1-21-5-7-25(8-6-21)30-18-16-29(17-19-30)13-3-4-26(32)31-14-10-23(11-15-31)28-24-9-12-27-22(2)20-24/h5-9,12,20,23H,3-4,10-11,13-19H2,1-2H3,(H,27,28). The van der Waals surface area contributed by atoms with E-state index < -0.39 is 0 Å². The number of pyridine rings is 1. The number of piperazine rings is 1. The summed E-state index contributed by atoms with van der Waals surface area (Å²) in [5, 5.41) is 3.60. The summed E-state index contributed by atoms with van der Waals surface area (Å²) in [6.45, 7) is 11.2. The van der Waals surface area contributed by atoms with Crippen molar-refractivity contribution in [1.29, 1.82) is 0 Å². The van der Waals surface area contributed by atoms with Gasteiger partial charge >= 0.3 is 0 Å². The minimum atomic E-state index is 0.321. The number of likely N-dealkylation sites (tertiary alicyclic amines) is 1. The number of nitrogens with zero attached hydrogens (tertiary/aromatic N) is 4. The van der Waals surface area contributed by atoms with Crippen molar-refractivity contribution in [2.75, 3.05) is 56.0 Å². The van der Waals surface area contributed by atoms with E-state index in [2.05, 4.69) is 62.3 Å². The molecule has 6 heteroatoms. The molecule has 6 nitrogen and oxygen atoms in total. The summed E-state index contributed by atoms with van der Waals surface area (Å²) in [6, 6.07) is 13.4. The number of rotatable bonds is 7. The maximum Gasteiger partial charge on any atom is 0.222 e. The predicted molar refractivity (Wildman–Crippen MR) is 131 cm³/mol. The number of carbonyl (C=O) groups excluding carboxylic acids is 1. The predicted octanol–water partition coefficient (Wildman–Crippen LogP) is 3.70. The van der Waals surface area contributed by atoms with Gasteiger partial charge in [-0.15, -0.1) is 0 Å². The van der Waals surface area contributed by atoms with Crippen LogP contribution in [0.1, 0.15) is 36.9 Å². The van der Waals surface area contributed by atoms with Crippen molar-refractivity contribution in [2.24, 2.45) is 0 Å². The molecule has 3 heterocycles. The zero-order chi connectivity index (χ0) is 22.3. The van der Waals surface area contributed by atoms with Crippen molar-refractivity contribution in [3.63, 3.8) is 0 Å². The molecule has 0 saturated carbocycles. The summed E-state index contributed by atoms with van der Waals surface area (Å²) in [5.41, 5.74) is 4.78. The second-order valence-corrected chi connectivity index (χ2v) is 9.25. The molecule has 1 amide bonds. The number of hydrogen-bond donors (Lipinski definition) is 1. The first-order valence-corrected chi connectivity index (χ1v) is 12.1. The molecular formula is C26H37N5O. The van der Waals surface area contributed by atoms with Crippen LogP contribution >= 0.6 is 0 Å². The number of aryl methyl sites for hydroxylation is 2. The number of benzene rings is 1. The zero-order valence-electron chi connectivity index (χ0n) is 19.6. The van der Waals surface area contributed by atoms with Crippen molar-refractivity contribution in [1.82, 2.24) is 14.8 Å². The fraction of sp³-hybridized carbons (Fsp3) is 0.538. The summed E-state index contributed by atoms with van der Waals surface area (Å²) in [5.74, 6) is 0.321. The van der Waals surface area contributed by atoms with Crippen LogP contribution in [0.5, 0.6) is 0 Å². The molecule has 0 aliphatic carbocycles. The summed E-state index contributed by atoms with van der Waals surface area (Å²) < 4.78 is 0. The third-order valence-corrected chi connectivity index (χ3v) is 6.75. The fourth-order valence-electron chi connectivity index (χ4n) is 4.74. The molecule has 32 heavy (non-hydrogen) atoms. The van der Waals surface area contributed by atoms with Gasteiger partial charge < -0.3 is 15.1 Å². The van der Waals surface area contributed by atoms with Crippen LogP contribution in [0, 0.1) is 13.8 Å². The second-order valence-electron chi connectivity index (χ2n) is 9.25. The Kier molecular flexibility index (Phi) is 7.63. The van der Waals surface area contributed by atoms with Gasteiger partial charge in [-0.05, 0) is 63.9 Å². The molecule has 0 bridgehead atoms. The topological polar surface area (TPSA) is 51.7 Å². The van der Waals surface area contributed by atoms with Crippen molar-refractivity contribution in [2.45, 2.75) is 45.6 Å². The summed E-state index contributed by atoms with van der Waals surface area (Å²) >= 11 is 0. The van der Waals surface area contributed by atoms with Gasteiger partial charge in [-0.25, -0.2) is 0 Å². The molecule has 0 spiro atoms. The van der Waals surface area contributed by atoms with E-state index in [-0.39, 0.29) is 0 Å². The highest BCUT2D eigenvalue weighted by molar-refractivity contribution is 5.76. The van der Waals surface area contributed by atoms with Gasteiger partial charge in [0.25, 0.3) is 0 Å². The normalized spacial score (nSPS) is 18.1. The third kappa shape index (κ3) is 6.22. The summed E-state index contributed by atoms with van der Waals surface area (Å²) in [7, 11) is 0. The number of hydrogen-bond acceptors (Lipinski definition) is 5. The lowest BCUT2D eigenvalue weighted by atomic mass is 10.0. The van der Waals surface area contributed by atoms with Crippen LogP contribution in [-0.2, 0) is 4.79 Å². The Hall–Kier alpha value is -2.60. The molecule has 2 aromatic rings. The van der Waals surface area contributed by atoms with E-state index in [1.807, 2.05) is 19.2 Å². The zero-order valence-corrected chi connectivity index (χ0v) is 19.6. The van der Waals surface area contributed by atoms with Gasteiger partial charge in [0, 0.05) is 75.0 Å². The minimum absolute atomic E-state index is 0.321. The Labute approximate surface area is 192 Å². The van der Waals surface area contributed by atoms with E-state index in [0.717, 1.165) is 76.5 Å². The summed E-state index contributed by atoms with van der Waals surface area (Å²) in [4.78, 5) is 24.0. The Morgan fingerprint density at radius 3 is 2.41 bits per heavy atom. The number of piperidine rings is 1. The van der Waals surface area contributed by atoms with Crippen molar-refractivity contribution in [3.05, 3.63) is 53.9 Å². The van der Waals surface area contributed by atoms with Crippen LogP contribution in [0.3, 0.4) is 0 Å². The molecule has 2 aliphatic heterocycles. The Balaban J connectivity index is 1.11. The Bertz CT molecular complexity index is 868. The highest BCUT2D eigenvalue weighted by Gasteiger charge is 2.23. The Morgan fingerprint density at radius 1 is 1.00 bits per heavy atom. The van der Waals surface area contributed by atoms with E-state index in [1.165, 1.54) is 11.3 Å². The van der Waals surface area contributed by atoms with E-state index in [0.29, 0.717) is 18.4 Å². The quantitative estimate of drug-likeness (QED) is 0.719. The van der Waals surface area contributed by atoms with Gasteiger partial charge in [0.15, 0.2) is 0 Å². The Morgan fingerprint density at radius 2 is 1.72 bits per heavy atom. The van der Waals surface area contributed by atoms with E-state index in [4.69, 9.17) is 0 Å². The molecule has 4 rings (SSSR count). The second kappa shape index (κ2) is 10.8.